The fraction of sp³-hybridized carbons (Fsp3) is 0.278. The third-order valence-electron chi connectivity index (χ3n) is 4.33. The summed E-state index contributed by atoms with van der Waals surface area (Å²) in [6.07, 6.45) is 0. The number of benzene rings is 2. The summed E-state index contributed by atoms with van der Waals surface area (Å²) in [5.41, 5.74) is 0.388. The molecular weight excluding hydrogens is 411 g/mol. The number of ether oxygens (including phenoxy) is 1. The van der Waals surface area contributed by atoms with Gasteiger partial charge in [-0.05, 0) is 42.5 Å². The van der Waals surface area contributed by atoms with E-state index < -0.39 is 10.0 Å². The zero-order chi connectivity index (χ0) is 19.6. The van der Waals surface area contributed by atoms with Crippen LogP contribution in [0.15, 0.2) is 47.4 Å². The van der Waals surface area contributed by atoms with Gasteiger partial charge in [0.05, 0.1) is 12.0 Å². The van der Waals surface area contributed by atoms with E-state index in [4.69, 9.17) is 27.9 Å². The van der Waals surface area contributed by atoms with E-state index in [0.29, 0.717) is 34.4 Å². The van der Waals surface area contributed by atoms with Crippen molar-refractivity contribution in [3.63, 3.8) is 0 Å². The Morgan fingerprint density at radius 3 is 2.04 bits per heavy atom. The van der Waals surface area contributed by atoms with Crippen molar-refractivity contribution >= 4 is 39.1 Å². The highest BCUT2D eigenvalue weighted by Crippen LogP contribution is 2.23. The molecule has 6 nitrogen and oxygen atoms in total. The van der Waals surface area contributed by atoms with Crippen LogP contribution in [0.25, 0.3) is 0 Å². The van der Waals surface area contributed by atoms with Crippen molar-refractivity contribution in [2.75, 3.05) is 33.3 Å². The second-order valence-corrected chi connectivity index (χ2v) is 8.84. The number of carbonyl (C=O) groups excluding carboxylic acids is 1. The normalized spacial score (nSPS) is 15.6. The maximum atomic E-state index is 12.8. The number of carbonyl (C=O) groups is 1. The average molecular weight is 429 g/mol. The Bertz CT molecular complexity index is 920. The maximum Gasteiger partial charge on any atom is 0.254 e. The summed E-state index contributed by atoms with van der Waals surface area (Å²) in [4.78, 5) is 14.4. The highest BCUT2D eigenvalue weighted by Gasteiger charge is 2.30. The topological polar surface area (TPSA) is 66.9 Å². The molecular formula is C18H18Cl2N2O4S. The summed E-state index contributed by atoms with van der Waals surface area (Å²) in [6, 6.07) is 10.9. The average Bonchev–Trinajstić information content (AvgIpc) is 2.67. The van der Waals surface area contributed by atoms with E-state index in [0.717, 1.165) is 0 Å². The Morgan fingerprint density at radius 2 is 1.52 bits per heavy atom. The minimum atomic E-state index is -3.62. The molecule has 9 heteroatoms. The second-order valence-electron chi connectivity index (χ2n) is 6.03. The fourth-order valence-electron chi connectivity index (χ4n) is 2.89. The van der Waals surface area contributed by atoms with Crippen LogP contribution >= 0.6 is 23.2 Å². The van der Waals surface area contributed by atoms with Crippen LogP contribution in [0.5, 0.6) is 5.75 Å². The van der Waals surface area contributed by atoms with Crippen LogP contribution in [-0.4, -0.2) is 56.8 Å². The molecule has 1 saturated heterocycles. The molecule has 0 unspecified atom stereocenters. The van der Waals surface area contributed by atoms with Gasteiger partial charge in [0, 0.05) is 41.8 Å². The number of hydrogen-bond donors (Lipinski definition) is 0. The predicted molar refractivity (Wildman–Crippen MR) is 104 cm³/mol. The van der Waals surface area contributed by atoms with E-state index in [2.05, 4.69) is 0 Å². The standard InChI is InChI=1S/C18H18Cl2N2O4S/c1-26-16-2-4-17(5-3-16)27(24,25)22-8-6-21(7-9-22)18(23)13-10-14(19)12-15(20)11-13/h2-5,10-12H,6-9H2,1H3. The van der Waals surface area contributed by atoms with E-state index in [1.807, 2.05) is 0 Å². The Balaban J connectivity index is 1.69. The molecule has 3 rings (SSSR count). The molecule has 1 heterocycles. The molecule has 27 heavy (non-hydrogen) atoms. The molecule has 0 aliphatic carbocycles. The van der Waals surface area contributed by atoms with Gasteiger partial charge in [0.2, 0.25) is 10.0 Å². The van der Waals surface area contributed by atoms with Gasteiger partial charge in [-0.3, -0.25) is 4.79 Å². The quantitative estimate of drug-likeness (QED) is 0.749. The van der Waals surface area contributed by atoms with Crippen LogP contribution in [-0.2, 0) is 10.0 Å². The van der Waals surface area contributed by atoms with Crippen LogP contribution in [0.2, 0.25) is 10.0 Å². The van der Waals surface area contributed by atoms with Crippen molar-refractivity contribution in [2.45, 2.75) is 4.90 Å². The summed E-state index contributed by atoms with van der Waals surface area (Å²) in [5, 5.41) is 0.762. The van der Waals surface area contributed by atoms with Crippen LogP contribution in [0, 0.1) is 0 Å². The Hall–Kier alpha value is -1.80. The molecule has 0 bridgehead atoms. The number of sulfonamides is 1. The molecule has 1 fully saturated rings. The molecule has 2 aromatic carbocycles. The summed E-state index contributed by atoms with van der Waals surface area (Å²) in [7, 11) is -2.10. The van der Waals surface area contributed by atoms with E-state index >= 15 is 0 Å². The number of halogens is 2. The number of hydrogen-bond acceptors (Lipinski definition) is 4. The van der Waals surface area contributed by atoms with Gasteiger partial charge in [0.25, 0.3) is 5.91 Å². The van der Waals surface area contributed by atoms with Gasteiger partial charge in [0.15, 0.2) is 0 Å². The Labute approximate surface area is 168 Å². The predicted octanol–water partition coefficient (Wildman–Crippen LogP) is 3.15. The second kappa shape index (κ2) is 8.06. The smallest absolute Gasteiger partial charge is 0.254 e. The van der Waals surface area contributed by atoms with Gasteiger partial charge in [-0.15, -0.1) is 0 Å². The Kier molecular flexibility index (Phi) is 5.95. The number of methoxy groups -OCH3 is 1. The van der Waals surface area contributed by atoms with Gasteiger partial charge in [-0.1, -0.05) is 23.2 Å². The number of amides is 1. The lowest BCUT2D eigenvalue weighted by molar-refractivity contribution is 0.0698. The molecule has 144 valence electrons. The van der Waals surface area contributed by atoms with Gasteiger partial charge < -0.3 is 9.64 Å². The molecule has 2 aromatic rings. The number of piperazine rings is 1. The third-order valence-corrected chi connectivity index (χ3v) is 6.68. The fourth-order valence-corrected chi connectivity index (χ4v) is 4.84. The van der Waals surface area contributed by atoms with E-state index in [1.165, 1.54) is 23.5 Å². The first-order chi connectivity index (χ1) is 12.8. The van der Waals surface area contributed by atoms with Crippen molar-refractivity contribution in [3.8, 4) is 5.75 Å². The zero-order valence-electron chi connectivity index (χ0n) is 14.6. The molecule has 0 aromatic heterocycles. The van der Waals surface area contributed by atoms with Crippen LogP contribution in [0.4, 0.5) is 0 Å². The highest BCUT2D eigenvalue weighted by molar-refractivity contribution is 7.89. The first kappa shape index (κ1) is 19.9. The molecule has 0 N–H and O–H groups in total. The monoisotopic (exact) mass is 428 g/mol. The first-order valence-corrected chi connectivity index (χ1v) is 10.4. The van der Waals surface area contributed by atoms with Crippen LogP contribution < -0.4 is 4.74 Å². The van der Waals surface area contributed by atoms with Crippen LogP contribution in [0.1, 0.15) is 10.4 Å². The largest absolute Gasteiger partial charge is 0.497 e. The van der Waals surface area contributed by atoms with Crippen molar-refractivity contribution in [3.05, 3.63) is 58.1 Å². The molecule has 0 atom stereocenters. The molecule has 0 radical (unpaired) electrons. The Morgan fingerprint density at radius 1 is 0.963 bits per heavy atom. The lowest BCUT2D eigenvalue weighted by atomic mass is 10.2. The summed E-state index contributed by atoms with van der Waals surface area (Å²) in [5.74, 6) is 0.366. The first-order valence-electron chi connectivity index (χ1n) is 8.21. The van der Waals surface area contributed by atoms with Gasteiger partial charge in [0.1, 0.15) is 5.75 Å². The summed E-state index contributed by atoms with van der Waals surface area (Å²) < 4.78 is 32.0. The zero-order valence-corrected chi connectivity index (χ0v) is 16.9. The van der Waals surface area contributed by atoms with Crippen molar-refractivity contribution in [2.24, 2.45) is 0 Å². The van der Waals surface area contributed by atoms with Gasteiger partial charge in [-0.25, -0.2) is 8.42 Å². The van der Waals surface area contributed by atoms with Crippen LogP contribution in [0.3, 0.4) is 0 Å². The lowest BCUT2D eigenvalue weighted by Crippen LogP contribution is -2.50. The van der Waals surface area contributed by atoms with Crippen molar-refractivity contribution in [1.82, 2.24) is 9.21 Å². The molecule has 0 spiro atoms. The molecule has 0 saturated carbocycles. The van der Waals surface area contributed by atoms with E-state index in [1.54, 1.807) is 35.2 Å². The van der Waals surface area contributed by atoms with Gasteiger partial charge >= 0.3 is 0 Å². The molecule has 1 aliphatic heterocycles. The number of nitrogens with zero attached hydrogens (tertiary/aromatic N) is 2. The maximum absolute atomic E-state index is 12.8. The summed E-state index contributed by atoms with van der Waals surface area (Å²) >= 11 is 11.9. The van der Waals surface area contributed by atoms with E-state index in [9.17, 15) is 13.2 Å². The van der Waals surface area contributed by atoms with Gasteiger partial charge in [-0.2, -0.15) is 4.31 Å². The minimum Gasteiger partial charge on any atom is -0.497 e. The SMILES string of the molecule is COc1ccc(S(=O)(=O)N2CCN(C(=O)c3cc(Cl)cc(Cl)c3)CC2)cc1. The summed E-state index contributed by atoms with van der Waals surface area (Å²) in [6.45, 7) is 1.01. The lowest BCUT2D eigenvalue weighted by Gasteiger charge is -2.34. The minimum absolute atomic E-state index is 0.199. The number of rotatable bonds is 4. The molecule has 1 aliphatic rings. The molecule has 1 amide bonds. The van der Waals surface area contributed by atoms with Crippen molar-refractivity contribution < 1.29 is 17.9 Å². The van der Waals surface area contributed by atoms with Crippen molar-refractivity contribution in [1.29, 1.82) is 0 Å². The third kappa shape index (κ3) is 4.38. The highest BCUT2D eigenvalue weighted by atomic mass is 35.5. The van der Waals surface area contributed by atoms with E-state index in [-0.39, 0.29) is 23.9 Å².